The minimum atomic E-state index is 0. The van der Waals surface area contributed by atoms with Gasteiger partial charge in [-0.2, -0.15) is 0 Å². The van der Waals surface area contributed by atoms with Crippen molar-refractivity contribution in [1.29, 1.82) is 0 Å². The molecular formula is C17H36ClN. The SMILES string of the molecule is C=C(C)CCCCCCCCCCCCCCN.Cl. The zero-order valence-corrected chi connectivity index (χ0v) is 13.9. The average Bonchev–Trinajstić information content (AvgIpc) is 2.34. The predicted molar refractivity (Wildman–Crippen MR) is 91.1 cm³/mol. The van der Waals surface area contributed by atoms with Crippen molar-refractivity contribution in [2.45, 2.75) is 90.4 Å². The lowest BCUT2D eigenvalue weighted by Gasteiger charge is -2.03. The molecule has 0 saturated carbocycles. The predicted octanol–water partition coefficient (Wildman–Crippen LogP) is 6.01. The molecule has 0 aromatic carbocycles. The number of unbranched alkanes of at least 4 members (excludes halogenated alkanes) is 11. The molecule has 0 radical (unpaired) electrons. The topological polar surface area (TPSA) is 26.0 Å². The zero-order chi connectivity index (χ0) is 13.5. The first-order valence-corrected chi connectivity index (χ1v) is 8.12. The van der Waals surface area contributed by atoms with Crippen molar-refractivity contribution in [3.8, 4) is 0 Å². The Bertz CT molecular complexity index is 180. The van der Waals surface area contributed by atoms with Crippen LogP contribution in [0, 0.1) is 0 Å². The zero-order valence-electron chi connectivity index (χ0n) is 13.1. The van der Waals surface area contributed by atoms with Crippen molar-refractivity contribution in [2.24, 2.45) is 5.73 Å². The third kappa shape index (κ3) is 20.5. The monoisotopic (exact) mass is 289 g/mol. The maximum Gasteiger partial charge on any atom is -0.00773 e. The second kappa shape index (κ2) is 18.0. The van der Waals surface area contributed by atoms with Gasteiger partial charge in [-0.3, -0.25) is 0 Å². The molecule has 19 heavy (non-hydrogen) atoms. The number of rotatable bonds is 14. The summed E-state index contributed by atoms with van der Waals surface area (Å²) in [4.78, 5) is 0. The second-order valence-corrected chi connectivity index (χ2v) is 5.74. The second-order valence-electron chi connectivity index (χ2n) is 5.74. The lowest BCUT2D eigenvalue weighted by atomic mass is 10.0. The summed E-state index contributed by atoms with van der Waals surface area (Å²) < 4.78 is 0. The molecule has 2 N–H and O–H groups in total. The van der Waals surface area contributed by atoms with Crippen LogP contribution >= 0.6 is 12.4 Å². The molecule has 0 unspecified atom stereocenters. The van der Waals surface area contributed by atoms with Gasteiger partial charge in [0, 0.05) is 0 Å². The smallest absolute Gasteiger partial charge is 0.00773 e. The summed E-state index contributed by atoms with van der Waals surface area (Å²) in [5, 5.41) is 0. The molecule has 116 valence electrons. The number of hydrogen-bond acceptors (Lipinski definition) is 1. The van der Waals surface area contributed by atoms with Gasteiger partial charge >= 0.3 is 0 Å². The summed E-state index contributed by atoms with van der Waals surface area (Å²) in [5.41, 5.74) is 6.81. The molecule has 0 atom stereocenters. The van der Waals surface area contributed by atoms with E-state index < -0.39 is 0 Å². The summed E-state index contributed by atoms with van der Waals surface area (Å²) in [7, 11) is 0. The molecule has 0 aliphatic rings. The van der Waals surface area contributed by atoms with Crippen LogP contribution in [0.25, 0.3) is 0 Å². The van der Waals surface area contributed by atoms with Gasteiger partial charge in [0.05, 0.1) is 0 Å². The highest BCUT2D eigenvalue weighted by Crippen LogP contribution is 2.13. The average molecular weight is 290 g/mol. The Labute approximate surface area is 127 Å². The highest BCUT2D eigenvalue weighted by molar-refractivity contribution is 5.85. The van der Waals surface area contributed by atoms with Crippen molar-refractivity contribution in [1.82, 2.24) is 0 Å². The number of hydrogen-bond donors (Lipinski definition) is 1. The van der Waals surface area contributed by atoms with E-state index in [4.69, 9.17) is 5.73 Å². The lowest BCUT2D eigenvalue weighted by Crippen LogP contribution is -1.97. The van der Waals surface area contributed by atoms with Crippen LogP contribution < -0.4 is 5.73 Å². The maximum atomic E-state index is 5.47. The third-order valence-electron chi connectivity index (χ3n) is 3.56. The van der Waals surface area contributed by atoms with E-state index in [1.807, 2.05) is 0 Å². The number of nitrogens with two attached hydrogens (primary N) is 1. The van der Waals surface area contributed by atoms with Gasteiger partial charge in [0.2, 0.25) is 0 Å². The largest absolute Gasteiger partial charge is 0.330 e. The molecule has 0 fully saturated rings. The molecular weight excluding hydrogens is 254 g/mol. The minimum absolute atomic E-state index is 0. The van der Waals surface area contributed by atoms with Crippen molar-refractivity contribution in [3.05, 3.63) is 12.2 Å². The molecule has 0 spiro atoms. The first-order valence-electron chi connectivity index (χ1n) is 8.12. The Morgan fingerprint density at radius 1 is 0.684 bits per heavy atom. The summed E-state index contributed by atoms with van der Waals surface area (Å²) in [6.07, 6.45) is 17.9. The normalized spacial score (nSPS) is 10.2. The van der Waals surface area contributed by atoms with Crippen LogP contribution in [0.1, 0.15) is 90.4 Å². The summed E-state index contributed by atoms with van der Waals surface area (Å²) in [5.74, 6) is 0. The van der Waals surface area contributed by atoms with E-state index in [0.29, 0.717) is 0 Å². The van der Waals surface area contributed by atoms with E-state index in [1.165, 1.54) is 89.0 Å². The van der Waals surface area contributed by atoms with Crippen molar-refractivity contribution < 1.29 is 0 Å². The highest BCUT2D eigenvalue weighted by atomic mass is 35.5. The van der Waals surface area contributed by atoms with Crippen LogP contribution in [0.4, 0.5) is 0 Å². The molecule has 0 rings (SSSR count). The van der Waals surface area contributed by atoms with Gasteiger partial charge in [-0.25, -0.2) is 0 Å². The molecule has 0 bridgehead atoms. The van der Waals surface area contributed by atoms with Gasteiger partial charge in [0.25, 0.3) is 0 Å². The quantitative estimate of drug-likeness (QED) is 0.307. The summed E-state index contributed by atoms with van der Waals surface area (Å²) in [6, 6.07) is 0. The molecule has 1 nitrogen and oxygen atoms in total. The van der Waals surface area contributed by atoms with Crippen LogP contribution in [0.5, 0.6) is 0 Å². The van der Waals surface area contributed by atoms with E-state index >= 15 is 0 Å². The van der Waals surface area contributed by atoms with Gasteiger partial charge in [0.15, 0.2) is 0 Å². The van der Waals surface area contributed by atoms with Gasteiger partial charge < -0.3 is 5.73 Å². The first-order chi connectivity index (χ1) is 8.77. The van der Waals surface area contributed by atoms with Crippen molar-refractivity contribution in [3.63, 3.8) is 0 Å². The summed E-state index contributed by atoms with van der Waals surface area (Å²) in [6.45, 7) is 6.94. The molecule has 0 aliphatic carbocycles. The Kier molecular flexibility index (Phi) is 20.2. The molecule has 0 heterocycles. The molecule has 2 heteroatoms. The molecule has 0 aromatic rings. The minimum Gasteiger partial charge on any atom is -0.330 e. The first kappa shape index (κ1) is 21.3. The number of halogens is 1. The van der Waals surface area contributed by atoms with Crippen LogP contribution in [-0.4, -0.2) is 6.54 Å². The fourth-order valence-corrected chi connectivity index (χ4v) is 2.34. The van der Waals surface area contributed by atoms with Crippen LogP contribution in [-0.2, 0) is 0 Å². The van der Waals surface area contributed by atoms with Crippen LogP contribution in [0.15, 0.2) is 12.2 Å². The lowest BCUT2D eigenvalue weighted by molar-refractivity contribution is 0.541. The van der Waals surface area contributed by atoms with Gasteiger partial charge in [-0.05, 0) is 32.7 Å². The van der Waals surface area contributed by atoms with E-state index in [0.717, 1.165) is 6.54 Å². The van der Waals surface area contributed by atoms with Crippen molar-refractivity contribution in [2.75, 3.05) is 6.54 Å². The van der Waals surface area contributed by atoms with E-state index in [1.54, 1.807) is 0 Å². The third-order valence-corrected chi connectivity index (χ3v) is 3.56. The Hall–Kier alpha value is -0.0100. The fraction of sp³-hybridized carbons (Fsp3) is 0.882. The fourth-order valence-electron chi connectivity index (χ4n) is 2.34. The Balaban J connectivity index is 0. The van der Waals surface area contributed by atoms with Gasteiger partial charge in [-0.1, -0.05) is 69.8 Å². The highest BCUT2D eigenvalue weighted by Gasteiger charge is 1.93. The number of allylic oxidation sites excluding steroid dienone is 1. The van der Waals surface area contributed by atoms with Crippen molar-refractivity contribution >= 4 is 12.4 Å². The van der Waals surface area contributed by atoms with E-state index in [2.05, 4.69) is 13.5 Å². The molecule has 0 aromatic heterocycles. The molecule has 0 saturated heterocycles. The Morgan fingerprint density at radius 3 is 1.32 bits per heavy atom. The van der Waals surface area contributed by atoms with Crippen LogP contribution in [0.2, 0.25) is 0 Å². The summed E-state index contributed by atoms with van der Waals surface area (Å²) >= 11 is 0. The maximum absolute atomic E-state index is 5.47. The molecule has 0 amide bonds. The Morgan fingerprint density at radius 2 is 1.00 bits per heavy atom. The van der Waals surface area contributed by atoms with Gasteiger partial charge in [0.1, 0.15) is 0 Å². The van der Waals surface area contributed by atoms with Gasteiger partial charge in [-0.15, -0.1) is 19.0 Å². The van der Waals surface area contributed by atoms with E-state index in [-0.39, 0.29) is 12.4 Å². The molecule has 0 aliphatic heterocycles. The van der Waals surface area contributed by atoms with Crippen LogP contribution in [0.3, 0.4) is 0 Å². The van der Waals surface area contributed by atoms with E-state index in [9.17, 15) is 0 Å². The standard InChI is InChI=1S/C17H35N.ClH/c1-17(2)15-13-11-9-7-5-3-4-6-8-10-12-14-16-18;/h1,3-16,18H2,2H3;1H.